The molecule has 0 aliphatic carbocycles. The second-order valence-electron chi connectivity index (χ2n) is 5.04. The van der Waals surface area contributed by atoms with E-state index in [9.17, 15) is 5.26 Å². The lowest BCUT2D eigenvalue weighted by Crippen LogP contribution is -2.43. The molecule has 1 unspecified atom stereocenters. The van der Waals surface area contributed by atoms with Gasteiger partial charge in [0.1, 0.15) is 11.3 Å². The highest BCUT2D eigenvalue weighted by atomic mass is 16.7. The van der Waals surface area contributed by atoms with Crippen molar-refractivity contribution in [3.63, 3.8) is 0 Å². The zero-order valence-corrected chi connectivity index (χ0v) is 12.6. The number of nitrogens with one attached hydrogen (secondary N) is 1. The van der Waals surface area contributed by atoms with Gasteiger partial charge in [-0.3, -0.25) is 5.32 Å². The number of nitriles is 1. The fourth-order valence-corrected chi connectivity index (χ4v) is 2.43. The summed E-state index contributed by atoms with van der Waals surface area (Å²) in [7, 11) is 0. The summed E-state index contributed by atoms with van der Waals surface area (Å²) >= 11 is 0. The highest BCUT2D eigenvalue weighted by Gasteiger charge is 2.25. The molecule has 0 radical (unpaired) electrons. The van der Waals surface area contributed by atoms with Crippen LogP contribution in [0.25, 0.3) is 0 Å². The van der Waals surface area contributed by atoms with Crippen molar-refractivity contribution in [1.82, 2.24) is 5.32 Å². The molecule has 21 heavy (non-hydrogen) atoms. The Morgan fingerprint density at radius 3 is 2.86 bits per heavy atom. The Morgan fingerprint density at radius 1 is 1.33 bits per heavy atom. The van der Waals surface area contributed by atoms with Crippen LogP contribution in [0.3, 0.4) is 0 Å². The number of ether oxygens (including phenoxy) is 3. The van der Waals surface area contributed by atoms with Crippen LogP contribution in [0.4, 0.5) is 0 Å². The molecule has 0 saturated heterocycles. The smallest absolute Gasteiger partial charge is 0.231 e. The summed E-state index contributed by atoms with van der Waals surface area (Å²) in [5.41, 5.74) is -0.438. The van der Waals surface area contributed by atoms with Crippen molar-refractivity contribution in [2.24, 2.45) is 0 Å². The third-order valence-electron chi connectivity index (χ3n) is 3.69. The number of hydrogen-bond donors (Lipinski definition) is 1. The minimum absolute atomic E-state index is 0.267. The van der Waals surface area contributed by atoms with Gasteiger partial charge in [0.15, 0.2) is 11.5 Å². The highest BCUT2D eigenvalue weighted by Crippen LogP contribution is 2.35. The van der Waals surface area contributed by atoms with E-state index in [4.69, 9.17) is 14.2 Å². The molecule has 1 aromatic carbocycles. The first-order valence-corrected chi connectivity index (χ1v) is 7.41. The Morgan fingerprint density at radius 2 is 2.14 bits per heavy atom. The molecule has 114 valence electrons. The molecule has 0 aromatic heterocycles. The van der Waals surface area contributed by atoms with Gasteiger partial charge in [-0.15, -0.1) is 0 Å². The summed E-state index contributed by atoms with van der Waals surface area (Å²) in [4.78, 5) is 0. The second-order valence-corrected chi connectivity index (χ2v) is 5.04. The Kier molecular flexibility index (Phi) is 5.29. The van der Waals surface area contributed by atoms with Gasteiger partial charge in [-0.25, -0.2) is 0 Å². The summed E-state index contributed by atoms with van der Waals surface area (Å²) in [5, 5.41) is 12.6. The molecule has 0 bridgehead atoms. The summed E-state index contributed by atoms with van der Waals surface area (Å²) in [6, 6.07) is 7.95. The van der Waals surface area contributed by atoms with E-state index in [-0.39, 0.29) is 6.79 Å². The molecular formula is C16H22N2O3. The van der Waals surface area contributed by atoms with E-state index in [1.807, 2.05) is 32.0 Å². The van der Waals surface area contributed by atoms with Gasteiger partial charge >= 0.3 is 0 Å². The third-order valence-corrected chi connectivity index (χ3v) is 3.69. The number of nitrogens with zero attached hydrogens (tertiary/aromatic N) is 1. The Labute approximate surface area is 125 Å². The molecule has 1 atom stereocenters. The van der Waals surface area contributed by atoms with Gasteiger partial charge in [0, 0.05) is 6.07 Å². The Hall–Kier alpha value is -1.93. The van der Waals surface area contributed by atoms with Gasteiger partial charge < -0.3 is 14.2 Å². The molecule has 1 aliphatic rings. The van der Waals surface area contributed by atoms with E-state index in [1.54, 1.807) is 0 Å². The molecule has 1 aromatic rings. The Bertz CT molecular complexity index is 513. The topological polar surface area (TPSA) is 63.5 Å². The van der Waals surface area contributed by atoms with Crippen LogP contribution >= 0.6 is 0 Å². The zero-order valence-electron chi connectivity index (χ0n) is 12.6. The normalized spacial score (nSPS) is 15.3. The van der Waals surface area contributed by atoms with Crippen LogP contribution in [0.15, 0.2) is 18.2 Å². The molecule has 5 heteroatoms. The number of rotatable bonds is 8. The number of benzene rings is 1. The van der Waals surface area contributed by atoms with Crippen LogP contribution in [0.1, 0.15) is 33.1 Å². The zero-order chi connectivity index (χ0) is 15.1. The van der Waals surface area contributed by atoms with Crippen molar-refractivity contribution in [2.45, 2.75) is 38.6 Å². The molecule has 1 aliphatic heterocycles. The Balaban J connectivity index is 1.80. The minimum Gasteiger partial charge on any atom is -0.493 e. The van der Waals surface area contributed by atoms with Crippen molar-refractivity contribution in [1.29, 1.82) is 5.26 Å². The summed E-state index contributed by atoms with van der Waals surface area (Å²) < 4.78 is 16.3. The molecular weight excluding hydrogens is 268 g/mol. The van der Waals surface area contributed by atoms with Gasteiger partial charge in [0.2, 0.25) is 6.79 Å². The van der Waals surface area contributed by atoms with Crippen LogP contribution < -0.4 is 19.5 Å². The average Bonchev–Trinajstić information content (AvgIpc) is 2.98. The molecule has 5 nitrogen and oxygen atoms in total. The average molecular weight is 290 g/mol. The van der Waals surface area contributed by atoms with E-state index in [2.05, 4.69) is 11.4 Å². The predicted octanol–water partition coefficient (Wildman–Crippen LogP) is 2.86. The van der Waals surface area contributed by atoms with E-state index < -0.39 is 5.54 Å². The first kappa shape index (κ1) is 15.5. The third kappa shape index (κ3) is 3.79. The van der Waals surface area contributed by atoms with Gasteiger partial charge in [0.25, 0.3) is 0 Å². The van der Waals surface area contributed by atoms with Crippen LogP contribution in [0.5, 0.6) is 17.2 Å². The van der Waals surface area contributed by atoms with Crippen LogP contribution in [-0.4, -0.2) is 25.5 Å². The van der Waals surface area contributed by atoms with E-state index in [0.29, 0.717) is 6.61 Å². The van der Waals surface area contributed by atoms with E-state index in [1.165, 1.54) is 0 Å². The van der Waals surface area contributed by atoms with E-state index >= 15 is 0 Å². The molecule has 1 heterocycles. The molecule has 2 rings (SSSR count). The lowest BCUT2D eigenvalue weighted by atomic mass is 9.92. The standard InChI is InChI=1S/C16H22N2O3/c1-3-16(11-17,18-4-2)8-5-9-19-13-6-7-14-15(10-13)21-12-20-14/h6-7,10,18H,3-5,8-9,12H2,1-2H3. The van der Waals surface area contributed by atoms with Crippen molar-refractivity contribution in [3.8, 4) is 23.3 Å². The quantitative estimate of drug-likeness (QED) is 0.746. The molecule has 0 amide bonds. The molecule has 1 N–H and O–H groups in total. The van der Waals surface area contributed by atoms with Crippen LogP contribution in [0.2, 0.25) is 0 Å². The first-order chi connectivity index (χ1) is 10.2. The SMILES string of the molecule is CCNC(C#N)(CC)CCCOc1ccc2c(c1)OCO2. The summed E-state index contributed by atoms with van der Waals surface area (Å²) in [6.45, 7) is 5.69. The predicted molar refractivity (Wildman–Crippen MR) is 79.6 cm³/mol. The fraction of sp³-hybridized carbons (Fsp3) is 0.562. The van der Waals surface area contributed by atoms with Gasteiger partial charge in [-0.2, -0.15) is 5.26 Å². The number of hydrogen-bond acceptors (Lipinski definition) is 5. The van der Waals surface area contributed by atoms with Crippen molar-refractivity contribution >= 4 is 0 Å². The van der Waals surface area contributed by atoms with Gasteiger partial charge in [-0.05, 0) is 37.9 Å². The largest absolute Gasteiger partial charge is 0.493 e. The summed E-state index contributed by atoms with van der Waals surface area (Å²) in [5.74, 6) is 2.24. The first-order valence-electron chi connectivity index (χ1n) is 7.41. The number of fused-ring (bicyclic) bond motifs is 1. The van der Waals surface area contributed by atoms with Gasteiger partial charge in [-0.1, -0.05) is 13.8 Å². The maximum Gasteiger partial charge on any atom is 0.231 e. The maximum absolute atomic E-state index is 9.35. The molecule has 0 saturated carbocycles. The van der Waals surface area contributed by atoms with Crippen molar-refractivity contribution in [3.05, 3.63) is 18.2 Å². The maximum atomic E-state index is 9.35. The molecule has 0 fully saturated rings. The van der Waals surface area contributed by atoms with E-state index in [0.717, 1.165) is 43.1 Å². The fourth-order valence-electron chi connectivity index (χ4n) is 2.43. The second kappa shape index (κ2) is 7.19. The van der Waals surface area contributed by atoms with Crippen LogP contribution in [-0.2, 0) is 0 Å². The highest BCUT2D eigenvalue weighted by molar-refractivity contribution is 5.46. The minimum atomic E-state index is -0.438. The lowest BCUT2D eigenvalue weighted by molar-refractivity contribution is 0.173. The summed E-state index contributed by atoms with van der Waals surface area (Å²) in [6.07, 6.45) is 2.39. The lowest BCUT2D eigenvalue weighted by Gasteiger charge is -2.25. The molecule has 0 spiro atoms. The van der Waals surface area contributed by atoms with Crippen molar-refractivity contribution < 1.29 is 14.2 Å². The van der Waals surface area contributed by atoms with Crippen molar-refractivity contribution in [2.75, 3.05) is 19.9 Å². The van der Waals surface area contributed by atoms with Gasteiger partial charge in [0.05, 0.1) is 12.7 Å². The monoisotopic (exact) mass is 290 g/mol. The van der Waals surface area contributed by atoms with Crippen LogP contribution in [0, 0.1) is 11.3 Å².